The average Bonchev–Trinajstić information content (AvgIpc) is 2.54. The molecule has 0 aromatic carbocycles. The van der Waals surface area contributed by atoms with Gasteiger partial charge in [-0.1, -0.05) is 52.4 Å². The number of piperazine rings is 1. The van der Waals surface area contributed by atoms with E-state index in [1.54, 1.807) is 0 Å². The van der Waals surface area contributed by atoms with Gasteiger partial charge in [0.05, 0.1) is 0 Å². The van der Waals surface area contributed by atoms with Crippen molar-refractivity contribution in [3.8, 4) is 0 Å². The largest absolute Gasteiger partial charge is 0.298 e. The number of rotatable bonds is 8. The number of unbranched alkanes of at least 4 members (excludes halogenated alkanes) is 1. The van der Waals surface area contributed by atoms with Crippen LogP contribution in [-0.2, 0) is 0 Å². The van der Waals surface area contributed by atoms with E-state index in [1.807, 2.05) is 0 Å². The van der Waals surface area contributed by atoms with Crippen LogP contribution in [0.1, 0.15) is 92.9 Å². The molecule has 2 aliphatic rings. The molecule has 2 nitrogen and oxygen atoms in total. The summed E-state index contributed by atoms with van der Waals surface area (Å²) >= 11 is 0. The van der Waals surface area contributed by atoms with Crippen LogP contribution in [0.5, 0.6) is 0 Å². The highest BCUT2D eigenvalue weighted by Gasteiger charge is 2.30. The Morgan fingerprint density at radius 3 is 1.88 bits per heavy atom. The van der Waals surface area contributed by atoms with Gasteiger partial charge in [0, 0.05) is 31.2 Å². The van der Waals surface area contributed by atoms with Gasteiger partial charge in [0.1, 0.15) is 0 Å². The molecule has 0 N–H and O–H groups in total. The number of hydrogen-bond acceptors (Lipinski definition) is 2. The highest BCUT2D eigenvalue weighted by atomic mass is 15.3. The zero-order chi connectivity index (χ0) is 18.4. The zero-order valence-electron chi connectivity index (χ0n) is 18.1. The molecule has 148 valence electrons. The monoisotopic (exact) mass is 350 g/mol. The summed E-state index contributed by atoms with van der Waals surface area (Å²) in [6.45, 7) is 18.1. The molecule has 2 atom stereocenters. The van der Waals surface area contributed by atoms with Crippen LogP contribution < -0.4 is 0 Å². The molecule has 1 aliphatic heterocycles. The molecule has 1 heterocycles. The van der Waals surface area contributed by atoms with Crippen molar-refractivity contribution in [3.63, 3.8) is 0 Å². The first-order chi connectivity index (χ1) is 11.9. The van der Waals surface area contributed by atoms with E-state index in [4.69, 9.17) is 0 Å². The van der Waals surface area contributed by atoms with Crippen molar-refractivity contribution in [3.05, 3.63) is 0 Å². The lowest BCUT2D eigenvalue weighted by Crippen LogP contribution is -2.58. The maximum Gasteiger partial charge on any atom is 0.0198 e. The standard InChI is InChI=1S/C23H46N2/c1-18(2)15-23-12-10-22(11-13-23)9-7-8-14-25-20(5)16-24(19(3)4)17-21(25)6/h18-23H,7-17H2,1-6H3. The maximum absolute atomic E-state index is 2.78. The van der Waals surface area contributed by atoms with Crippen LogP contribution in [0.2, 0.25) is 0 Å². The van der Waals surface area contributed by atoms with Crippen LogP contribution >= 0.6 is 0 Å². The van der Waals surface area contributed by atoms with E-state index in [1.165, 1.54) is 71.0 Å². The summed E-state index contributed by atoms with van der Waals surface area (Å²) in [7, 11) is 0. The Morgan fingerprint density at radius 2 is 1.36 bits per heavy atom. The van der Waals surface area contributed by atoms with E-state index in [2.05, 4.69) is 51.3 Å². The molecule has 0 bridgehead atoms. The second-order valence-electron chi connectivity index (χ2n) is 10.00. The fourth-order valence-corrected chi connectivity index (χ4v) is 5.41. The van der Waals surface area contributed by atoms with E-state index >= 15 is 0 Å². The Kier molecular flexibility index (Phi) is 8.75. The quantitative estimate of drug-likeness (QED) is 0.509. The normalized spacial score (nSPS) is 32.6. The van der Waals surface area contributed by atoms with Crippen LogP contribution in [0, 0.1) is 17.8 Å². The molecule has 2 fully saturated rings. The third kappa shape index (κ3) is 6.86. The SMILES string of the molecule is CC(C)CC1CCC(CCCCN2C(C)CN(C(C)C)CC2C)CC1. The highest BCUT2D eigenvalue weighted by Crippen LogP contribution is 2.35. The number of nitrogens with zero attached hydrogens (tertiary/aromatic N) is 2. The van der Waals surface area contributed by atoms with E-state index < -0.39 is 0 Å². The van der Waals surface area contributed by atoms with Gasteiger partial charge in [-0.25, -0.2) is 0 Å². The van der Waals surface area contributed by atoms with E-state index in [0.29, 0.717) is 6.04 Å². The first kappa shape index (κ1) is 21.2. The third-order valence-electron chi connectivity index (χ3n) is 6.91. The highest BCUT2D eigenvalue weighted by molar-refractivity contribution is 4.86. The van der Waals surface area contributed by atoms with Gasteiger partial charge in [-0.15, -0.1) is 0 Å². The second-order valence-corrected chi connectivity index (χ2v) is 10.00. The summed E-state index contributed by atoms with van der Waals surface area (Å²) in [5.74, 6) is 2.97. The molecule has 2 unspecified atom stereocenters. The van der Waals surface area contributed by atoms with Crippen molar-refractivity contribution in [2.24, 2.45) is 17.8 Å². The topological polar surface area (TPSA) is 6.48 Å². The van der Waals surface area contributed by atoms with E-state index in [-0.39, 0.29) is 0 Å². The van der Waals surface area contributed by atoms with E-state index in [0.717, 1.165) is 29.8 Å². The summed E-state index contributed by atoms with van der Waals surface area (Å²) in [6, 6.07) is 2.13. The molecule has 1 saturated carbocycles. The molecule has 1 saturated heterocycles. The summed E-state index contributed by atoms with van der Waals surface area (Å²) < 4.78 is 0. The Bertz CT molecular complexity index is 345. The van der Waals surface area contributed by atoms with Crippen molar-refractivity contribution in [1.29, 1.82) is 0 Å². The average molecular weight is 351 g/mol. The minimum atomic E-state index is 0.692. The van der Waals surface area contributed by atoms with Gasteiger partial charge in [-0.3, -0.25) is 9.80 Å². The molecule has 0 aromatic rings. The van der Waals surface area contributed by atoms with Crippen LogP contribution in [-0.4, -0.2) is 47.6 Å². The lowest BCUT2D eigenvalue weighted by molar-refractivity contribution is 0.0225. The Labute approximate surface area is 158 Å². The molecule has 0 spiro atoms. The predicted molar refractivity (Wildman–Crippen MR) is 111 cm³/mol. The summed E-state index contributed by atoms with van der Waals surface area (Å²) in [5.41, 5.74) is 0. The minimum absolute atomic E-state index is 0.692. The van der Waals surface area contributed by atoms with Crippen molar-refractivity contribution in [1.82, 2.24) is 9.80 Å². The van der Waals surface area contributed by atoms with E-state index in [9.17, 15) is 0 Å². The Balaban J connectivity index is 1.60. The molecular weight excluding hydrogens is 304 g/mol. The van der Waals surface area contributed by atoms with Crippen LogP contribution in [0.3, 0.4) is 0 Å². The molecule has 2 rings (SSSR count). The van der Waals surface area contributed by atoms with Crippen LogP contribution in [0.15, 0.2) is 0 Å². The zero-order valence-corrected chi connectivity index (χ0v) is 18.1. The second kappa shape index (κ2) is 10.3. The Morgan fingerprint density at radius 1 is 0.800 bits per heavy atom. The molecular formula is C23H46N2. The van der Waals surface area contributed by atoms with Gasteiger partial charge in [-0.2, -0.15) is 0 Å². The summed E-state index contributed by atoms with van der Waals surface area (Å²) in [5, 5.41) is 0. The summed E-state index contributed by atoms with van der Waals surface area (Å²) in [6.07, 6.45) is 11.8. The fourth-order valence-electron chi connectivity index (χ4n) is 5.41. The van der Waals surface area contributed by atoms with Gasteiger partial charge in [-0.05, 0) is 64.8 Å². The lowest BCUT2D eigenvalue weighted by atomic mass is 9.77. The van der Waals surface area contributed by atoms with Crippen molar-refractivity contribution >= 4 is 0 Å². The molecule has 0 radical (unpaired) electrons. The smallest absolute Gasteiger partial charge is 0.0198 e. The Hall–Kier alpha value is -0.0800. The maximum atomic E-state index is 2.78. The van der Waals surface area contributed by atoms with Crippen molar-refractivity contribution in [2.75, 3.05) is 19.6 Å². The third-order valence-corrected chi connectivity index (χ3v) is 6.91. The predicted octanol–water partition coefficient (Wildman–Crippen LogP) is 5.81. The van der Waals surface area contributed by atoms with Crippen LogP contribution in [0.25, 0.3) is 0 Å². The minimum Gasteiger partial charge on any atom is -0.298 e. The van der Waals surface area contributed by atoms with Crippen molar-refractivity contribution < 1.29 is 0 Å². The molecule has 2 heteroatoms. The van der Waals surface area contributed by atoms with Gasteiger partial charge in [0.2, 0.25) is 0 Å². The molecule has 0 aromatic heterocycles. The lowest BCUT2D eigenvalue weighted by Gasteiger charge is -2.46. The summed E-state index contributed by atoms with van der Waals surface area (Å²) in [4.78, 5) is 5.43. The van der Waals surface area contributed by atoms with Gasteiger partial charge >= 0.3 is 0 Å². The first-order valence-corrected chi connectivity index (χ1v) is 11.4. The van der Waals surface area contributed by atoms with Gasteiger partial charge in [0.15, 0.2) is 0 Å². The molecule has 1 aliphatic carbocycles. The number of hydrogen-bond donors (Lipinski definition) is 0. The first-order valence-electron chi connectivity index (χ1n) is 11.4. The van der Waals surface area contributed by atoms with Gasteiger partial charge < -0.3 is 0 Å². The fraction of sp³-hybridized carbons (Fsp3) is 1.00. The van der Waals surface area contributed by atoms with Gasteiger partial charge in [0.25, 0.3) is 0 Å². The van der Waals surface area contributed by atoms with Crippen molar-refractivity contribution in [2.45, 2.75) is 111 Å². The molecule has 25 heavy (non-hydrogen) atoms. The molecule has 0 amide bonds. The van der Waals surface area contributed by atoms with Crippen LogP contribution in [0.4, 0.5) is 0 Å².